The zero-order valence-electron chi connectivity index (χ0n) is 8.84. The number of hydrogen-bond acceptors (Lipinski definition) is 4. The number of aliphatic imine (C=N–C) groups is 1. The predicted molar refractivity (Wildman–Crippen MR) is 56.2 cm³/mol. The highest BCUT2D eigenvalue weighted by atomic mass is 16.1. The SMILES string of the molecule is CCNC(=O)CNC1=NCCCN1C. The number of carbonyl (C=O) groups excluding carboxylic acids is 1. The van der Waals surface area contributed by atoms with Crippen molar-refractivity contribution < 1.29 is 4.79 Å². The molecule has 1 amide bonds. The molecule has 0 spiro atoms. The van der Waals surface area contributed by atoms with Crippen LogP contribution in [-0.4, -0.2) is 50.0 Å². The number of guanidine groups is 1. The number of amides is 1. The summed E-state index contributed by atoms with van der Waals surface area (Å²) in [5, 5.41) is 5.74. The Hall–Kier alpha value is -1.26. The van der Waals surface area contributed by atoms with E-state index in [0.717, 1.165) is 25.5 Å². The average molecular weight is 198 g/mol. The monoisotopic (exact) mass is 198 g/mol. The molecule has 2 N–H and O–H groups in total. The molecular formula is C9H18N4O. The van der Waals surface area contributed by atoms with E-state index in [1.165, 1.54) is 0 Å². The Balaban J connectivity index is 2.29. The molecule has 1 aliphatic rings. The van der Waals surface area contributed by atoms with Crippen LogP contribution in [0.3, 0.4) is 0 Å². The summed E-state index contributed by atoms with van der Waals surface area (Å²) in [5.41, 5.74) is 0. The van der Waals surface area contributed by atoms with Gasteiger partial charge in [0, 0.05) is 26.7 Å². The van der Waals surface area contributed by atoms with Gasteiger partial charge in [-0.15, -0.1) is 0 Å². The third kappa shape index (κ3) is 3.24. The quantitative estimate of drug-likeness (QED) is 0.637. The Morgan fingerprint density at radius 3 is 3.07 bits per heavy atom. The molecule has 1 heterocycles. The number of nitrogens with one attached hydrogen (secondary N) is 2. The first-order valence-electron chi connectivity index (χ1n) is 5.00. The van der Waals surface area contributed by atoms with E-state index >= 15 is 0 Å². The highest BCUT2D eigenvalue weighted by Gasteiger charge is 2.10. The summed E-state index contributed by atoms with van der Waals surface area (Å²) < 4.78 is 0. The normalized spacial score (nSPS) is 16.1. The van der Waals surface area contributed by atoms with E-state index in [0.29, 0.717) is 13.1 Å². The van der Waals surface area contributed by atoms with E-state index in [1.807, 2.05) is 18.9 Å². The summed E-state index contributed by atoms with van der Waals surface area (Å²) in [4.78, 5) is 17.5. The molecule has 5 nitrogen and oxygen atoms in total. The molecule has 14 heavy (non-hydrogen) atoms. The molecule has 0 aromatic carbocycles. The molecule has 0 bridgehead atoms. The van der Waals surface area contributed by atoms with Gasteiger partial charge in [-0.1, -0.05) is 0 Å². The maximum atomic E-state index is 11.1. The zero-order valence-corrected chi connectivity index (χ0v) is 8.84. The summed E-state index contributed by atoms with van der Waals surface area (Å²) in [7, 11) is 1.97. The van der Waals surface area contributed by atoms with Gasteiger partial charge in [-0.3, -0.25) is 9.79 Å². The Morgan fingerprint density at radius 1 is 1.64 bits per heavy atom. The molecule has 0 saturated heterocycles. The first-order valence-corrected chi connectivity index (χ1v) is 5.00. The van der Waals surface area contributed by atoms with Crippen molar-refractivity contribution in [2.24, 2.45) is 4.99 Å². The molecule has 0 fully saturated rings. The molecule has 1 aliphatic heterocycles. The molecule has 0 radical (unpaired) electrons. The van der Waals surface area contributed by atoms with E-state index in [2.05, 4.69) is 15.6 Å². The van der Waals surface area contributed by atoms with Crippen molar-refractivity contribution in [1.82, 2.24) is 15.5 Å². The van der Waals surface area contributed by atoms with Crippen LogP contribution in [0.25, 0.3) is 0 Å². The van der Waals surface area contributed by atoms with Gasteiger partial charge in [0.2, 0.25) is 5.91 Å². The fourth-order valence-electron chi connectivity index (χ4n) is 1.33. The van der Waals surface area contributed by atoms with Crippen molar-refractivity contribution in [2.45, 2.75) is 13.3 Å². The van der Waals surface area contributed by atoms with Crippen molar-refractivity contribution in [1.29, 1.82) is 0 Å². The molecule has 1 rings (SSSR count). The van der Waals surface area contributed by atoms with Crippen LogP contribution >= 0.6 is 0 Å². The number of likely N-dealkylation sites (N-methyl/N-ethyl adjacent to an activating group) is 1. The second-order valence-electron chi connectivity index (χ2n) is 3.29. The summed E-state index contributed by atoms with van der Waals surface area (Å²) in [6.07, 6.45) is 1.09. The highest BCUT2D eigenvalue weighted by Crippen LogP contribution is 1.96. The fraction of sp³-hybridized carbons (Fsp3) is 0.778. The Labute approximate surface area is 84.6 Å². The lowest BCUT2D eigenvalue weighted by Crippen LogP contribution is -2.46. The van der Waals surface area contributed by atoms with Crippen molar-refractivity contribution in [3.8, 4) is 0 Å². The maximum absolute atomic E-state index is 11.1. The second kappa shape index (κ2) is 5.47. The summed E-state index contributed by atoms with van der Waals surface area (Å²) >= 11 is 0. The van der Waals surface area contributed by atoms with Crippen molar-refractivity contribution in [3.05, 3.63) is 0 Å². The lowest BCUT2D eigenvalue weighted by molar-refractivity contribution is -0.119. The van der Waals surface area contributed by atoms with E-state index < -0.39 is 0 Å². The Kier molecular flexibility index (Phi) is 4.22. The van der Waals surface area contributed by atoms with Crippen LogP contribution in [0.15, 0.2) is 4.99 Å². The molecular weight excluding hydrogens is 180 g/mol. The van der Waals surface area contributed by atoms with Crippen LogP contribution in [0.2, 0.25) is 0 Å². The van der Waals surface area contributed by atoms with E-state index in [-0.39, 0.29) is 5.91 Å². The highest BCUT2D eigenvalue weighted by molar-refractivity contribution is 5.86. The van der Waals surface area contributed by atoms with Crippen LogP contribution in [0.4, 0.5) is 0 Å². The first-order chi connectivity index (χ1) is 6.74. The Morgan fingerprint density at radius 2 is 2.43 bits per heavy atom. The summed E-state index contributed by atoms with van der Waals surface area (Å²) in [5.74, 6) is 0.830. The standard InChI is InChI=1S/C9H18N4O/c1-3-10-8(14)7-12-9-11-5-4-6-13(9)2/h3-7H2,1-2H3,(H,10,14)(H,11,12). The molecule has 0 aromatic heterocycles. The van der Waals surface area contributed by atoms with Gasteiger partial charge in [0.1, 0.15) is 0 Å². The van der Waals surface area contributed by atoms with Crippen LogP contribution < -0.4 is 10.6 Å². The minimum atomic E-state index is 0.00849. The average Bonchev–Trinajstić information content (AvgIpc) is 2.17. The molecule has 0 unspecified atom stereocenters. The van der Waals surface area contributed by atoms with Crippen LogP contribution in [0.5, 0.6) is 0 Å². The number of rotatable bonds is 3. The minimum absolute atomic E-state index is 0.00849. The Bertz CT molecular complexity index is 227. The number of hydrogen-bond donors (Lipinski definition) is 2. The lowest BCUT2D eigenvalue weighted by atomic mass is 10.3. The number of nitrogens with zero attached hydrogens (tertiary/aromatic N) is 2. The van der Waals surface area contributed by atoms with Gasteiger partial charge < -0.3 is 15.5 Å². The van der Waals surface area contributed by atoms with Gasteiger partial charge in [-0.25, -0.2) is 0 Å². The molecule has 80 valence electrons. The lowest BCUT2D eigenvalue weighted by Gasteiger charge is -2.25. The molecule has 0 saturated carbocycles. The van der Waals surface area contributed by atoms with E-state index in [4.69, 9.17) is 0 Å². The maximum Gasteiger partial charge on any atom is 0.239 e. The second-order valence-corrected chi connectivity index (χ2v) is 3.29. The van der Waals surface area contributed by atoms with Gasteiger partial charge in [0.25, 0.3) is 0 Å². The van der Waals surface area contributed by atoms with Gasteiger partial charge in [-0.05, 0) is 13.3 Å². The molecule has 0 aliphatic carbocycles. The third-order valence-electron chi connectivity index (χ3n) is 2.06. The minimum Gasteiger partial charge on any atom is -0.355 e. The molecule has 5 heteroatoms. The predicted octanol–water partition coefficient (Wildman–Crippen LogP) is -0.596. The van der Waals surface area contributed by atoms with Gasteiger partial charge in [0.05, 0.1) is 6.54 Å². The smallest absolute Gasteiger partial charge is 0.239 e. The van der Waals surface area contributed by atoms with Gasteiger partial charge in [0.15, 0.2) is 5.96 Å². The number of carbonyl (C=O) groups is 1. The van der Waals surface area contributed by atoms with Crippen molar-refractivity contribution >= 4 is 11.9 Å². The fourth-order valence-corrected chi connectivity index (χ4v) is 1.33. The molecule has 0 aromatic rings. The van der Waals surface area contributed by atoms with E-state index in [1.54, 1.807) is 0 Å². The summed E-state index contributed by atoms with van der Waals surface area (Å²) in [6, 6.07) is 0. The zero-order chi connectivity index (χ0) is 10.4. The van der Waals surface area contributed by atoms with Crippen LogP contribution in [0.1, 0.15) is 13.3 Å². The van der Waals surface area contributed by atoms with E-state index in [9.17, 15) is 4.79 Å². The van der Waals surface area contributed by atoms with Crippen molar-refractivity contribution in [2.75, 3.05) is 33.2 Å². The van der Waals surface area contributed by atoms with Gasteiger partial charge in [-0.2, -0.15) is 0 Å². The van der Waals surface area contributed by atoms with Crippen LogP contribution in [0, 0.1) is 0 Å². The molecule has 0 atom stereocenters. The van der Waals surface area contributed by atoms with Crippen LogP contribution in [-0.2, 0) is 4.79 Å². The first kappa shape index (κ1) is 10.8. The largest absolute Gasteiger partial charge is 0.355 e. The third-order valence-corrected chi connectivity index (χ3v) is 2.06. The van der Waals surface area contributed by atoms with Crippen molar-refractivity contribution in [3.63, 3.8) is 0 Å². The summed E-state index contributed by atoms with van der Waals surface area (Å²) in [6.45, 7) is 4.73. The van der Waals surface area contributed by atoms with Gasteiger partial charge >= 0.3 is 0 Å². The topological polar surface area (TPSA) is 56.7 Å².